The maximum Gasteiger partial charge on any atom is 0.263 e. The minimum Gasteiger partial charge on any atom is -0.389 e. The monoisotopic (exact) mass is 328 g/mol. The molecule has 0 aliphatic carbocycles. The van der Waals surface area contributed by atoms with E-state index in [2.05, 4.69) is 14.9 Å². The molecule has 9 heteroatoms. The van der Waals surface area contributed by atoms with Crippen LogP contribution in [0, 0.1) is 13.8 Å². The first kappa shape index (κ1) is 14.8. The number of nitrogens with two attached hydrogens (primary N) is 1. The molecule has 20 heavy (non-hydrogen) atoms. The normalized spacial score (nSPS) is 11.3. The lowest BCUT2D eigenvalue weighted by Crippen LogP contribution is -2.15. The molecule has 0 saturated heterocycles. The van der Waals surface area contributed by atoms with E-state index in [0.29, 0.717) is 16.1 Å². The number of hydrogen-bond donors (Lipinski definition) is 2. The Morgan fingerprint density at radius 2 is 2.05 bits per heavy atom. The number of sulfonamides is 1. The molecule has 2 aromatic rings. The summed E-state index contributed by atoms with van der Waals surface area (Å²) < 4.78 is 26.8. The van der Waals surface area contributed by atoms with Gasteiger partial charge in [0.2, 0.25) is 5.13 Å². The summed E-state index contributed by atoms with van der Waals surface area (Å²) in [5.41, 5.74) is 6.91. The molecule has 1 heterocycles. The third-order valence-corrected chi connectivity index (χ3v) is 4.96. The molecule has 0 bridgehead atoms. The maximum absolute atomic E-state index is 12.2. The molecular weight excluding hydrogens is 316 g/mol. The topological polar surface area (TPSA) is 98.0 Å². The molecule has 0 fully saturated rings. The number of aryl methyl sites for hydroxylation is 2. The molecule has 106 valence electrons. The third kappa shape index (κ3) is 3.11. The summed E-state index contributed by atoms with van der Waals surface area (Å²) >= 11 is 6.06. The predicted octanol–water partition coefficient (Wildman–Crippen LogP) is 1.59. The van der Waals surface area contributed by atoms with Crippen molar-refractivity contribution in [2.75, 3.05) is 4.72 Å². The Bertz CT molecular complexity index is 768. The van der Waals surface area contributed by atoms with Crippen molar-refractivity contribution in [3.63, 3.8) is 0 Å². The fourth-order valence-electron chi connectivity index (χ4n) is 1.59. The summed E-state index contributed by atoms with van der Waals surface area (Å²) in [7, 11) is -3.69. The van der Waals surface area contributed by atoms with Crippen LogP contribution in [0.3, 0.4) is 0 Å². The van der Waals surface area contributed by atoms with Gasteiger partial charge in [-0.3, -0.25) is 4.72 Å². The SMILES string of the molecule is Cc1nnc(NS(=O)(=O)c2ccc(C(N)=S)c(C)c2)s1. The second kappa shape index (κ2) is 5.43. The molecule has 0 spiro atoms. The van der Waals surface area contributed by atoms with E-state index in [4.69, 9.17) is 18.0 Å². The van der Waals surface area contributed by atoms with Gasteiger partial charge in [-0.25, -0.2) is 8.42 Å². The average molecular weight is 328 g/mol. The van der Waals surface area contributed by atoms with Crippen LogP contribution in [0.5, 0.6) is 0 Å². The quantitative estimate of drug-likeness (QED) is 0.827. The molecule has 6 nitrogen and oxygen atoms in total. The number of thiocarbonyl (C=S) groups is 1. The standard InChI is InChI=1S/C11H12N4O2S3/c1-6-5-8(3-4-9(6)10(12)18)20(16,17)15-11-14-13-7(2)19-11/h3-5H,1-2H3,(H2,12,18)(H,14,15). The molecule has 1 aromatic heterocycles. The van der Waals surface area contributed by atoms with E-state index in [0.717, 1.165) is 0 Å². The van der Waals surface area contributed by atoms with Gasteiger partial charge in [0.15, 0.2) is 0 Å². The summed E-state index contributed by atoms with van der Waals surface area (Å²) in [6.45, 7) is 3.50. The molecule has 0 aliphatic heterocycles. The van der Waals surface area contributed by atoms with Gasteiger partial charge in [0.25, 0.3) is 10.0 Å². The van der Waals surface area contributed by atoms with Crippen LogP contribution < -0.4 is 10.5 Å². The number of nitrogens with one attached hydrogen (secondary N) is 1. The first-order valence-corrected chi connectivity index (χ1v) is 8.24. The second-order valence-corrected chi connectivity index (χ2v) is 7.38. The van der Waals surface area contributed by atoms with E-state index < -0.39 is 10.0 Å². The molecule has 1 aromatic carbocycles. The Kier molecular flexibility index (Phi) is 4.02. The number of hydrogen-bond acceptors (Lipinski definition) is 6. The van der Waals surface area contributed by atoms with Gasteiger partial charge >= 0.3 is 0 Å². The van der Waals surface area contributed by atoms with E-state index >= 15 is 0 Å². The van der Waals surface area contributed by atoms with Crippen molar-refractivity contribution in [1.82, 2.24) is 10.2 Å². The van der Waals surface area contributed by atoms with Gasteiger partial charge in [-0.15, -0.1) is 10.2 Å². The fraction of sp³-hybridized carbons (Fsp3) is 0.182. The largest absolute Gasteiger partial charge is 0.389 e. The molecule has 0 atom stereocenters. The van der Waals surface area contributed by atoms with Gasteiger partial charge in [0.1, 0.15) is 10.00 Å². The molecule has 0 radical (unpaired) electrons. The van der Waals surface area contributed by atoms with Crippen molar-refractivity contribution in [3.8, 4) is 0 Å². The number of anilines is 1. The van der Waals surface area contributed by atoms with Crippen LogP contribution in [-0.2, 0) is 10.0 Å². The molecule has 3 N–H and O–H groups in total. The van der Waals surface area contributed by atoms with Gasteiger partial charge in [0, 0.05) is 5.56 Å². The Morgan fingerprint density at radius 1 is 1.35 bits per heavy atom. The second-order valence-electron chi connectivity index (χ2n) is 4.07. The highest BCUT2D eigenvalue weighted by Gasteiger charge is 2.17. The van der Waals surface area contributed by atoms with Crippen LogP contribution in [0.2, 0.25) is 0 Å². The summed E-state index contributed by atoms with van der Waals surface area (Å²) in [5.74, 6) is 0. The minimum atomic E-state index is -3.69. The molecular formula is C11H12N4O2S3. The van der Waals surface area contributed by atoms with Crippen molar-refractivity contribution >= 4 is 43.7 Å². The van der Waals surface area contributed by atoms with Gasteiger partial charge in [-0.2, -0.15) is 0 Å². The van der Waals surface area contributed by atoms with Crippen molar-refractivity contribution in [2.24, 2.45) is 5.73 Å². The number of rotatable bonds is 4. The molecule has 0 unspecified atom stereocenters. The number of benzene rings is 1. The van der Waals surface area contributed by atoms with Crippen LogP contribution in [-0.4, -0.2) is 23.6 Å². The van der Waals surface area contributed by atoms with Gasteiger partial charge < -0.3 is 5.73 Å². The molecule has 0 amide bonds. The van der Waals surface area contributed by atoms with Gasteiger partial charge in [0.05, 0.1) is 4.90 Å². The Hall–Kier alpha value is -1.58. The van der Waals surface area contributed by atoms with Crippen LogP contribution >= 0.6 is 23.6 Å². The third-order valence-electron chi connectivity index (χ3n) is 2.52. The van der Waals surface area contributed by atoms with Crippen molar-refractivity contribution in [1.29, 1.82) is 0 Å². The predicted molar refractivity (Wildman–Crippen MR) is 82.5 cm³/mol. The summed E-state index contributed by atoms with van der Waals surface area (Å²) in [5, 5.41) is 8.41. The lowest BCUT2D eigenvalue weighted by Gasteiger charge is -2.08. The smallest absolute Gasteiger partial charge is 0.263 e. The highest BCUT2D eigenvalue weighted by atomic mass is 32.2. The Labute approximate surface area is 126 Å². The zero-order chi connectivity index (χ0) is 14.9. The molecule has 2 rings (SSSR count). The average Bonchev–Trinajstić information content (AvgIpc) is 2.73. The number of nitrogens with zero attached hydrogens (tertiary/aromatic N) is 2. The zero-order valence-corrected chi connectivity index (χ0v) is 13.2. The zero-order valence-electron chi connectivity index (χ0n) is 10.7. The summed E-state index contributed by atoms with van der Waals surface area (Å²) in [6.07, 6.45) is 0. The van der Waals surface area contributed by atoms with E-state index in [1.165, 1.54) is 23.5 Å². The van der Waals surface area contributed by atoms with E-state index in [9.17, 15) is 8.42 Å². The van der Waals surface area contributed by atoms with Crippen LogP contribution in [0.25, 0.3) is 0 Å². The Morgan fingerprint density at radius 3 is 2.55 bits per heavy atom. The summed E-state index contributed by atoms with van der Waals surface area (Å²) in [4.78, 5) is 0.363. The van der Waals surface area contributed by atoms with Crippen molar-refractivity contribution < 1.29 is 8.42 Å². The van der Waals surface area contributed by atoms with Crippen molar-refractivity contribution in [2.45, 2.75) is 18.7 Å². The first-order chi connectivity index (χ1) is 9.29. The minimum absolute atomic E-state index is 0.128. The lowest BCUT2D eigenvalue weighted by molar-refractivity contribution is 0.601. The molecule has 0 aliphatic rings. The van der Waals surface area contributed by atoms with E-state index in [1.807, 2.05) is 0 Å². The highest BCUT2D eigenvalue weighted by Crippen LogP contribution is 2.21. The van der Waals surface area contributed by atoms with Crippen LogP contribution in [0.4, 0.5) is 5.13 Å². The van der Waals surface area contributed by atoms with Gasteiger partial charge in [-0.1, -0.05) is 29.6 Å². The highest BCUT2D eigenvalue weighted by molar-refractivity contribution is 7.93. The number of aromatic nitrogens is 2. The summed E-state index contributed by atoms with van der Waals surface area (Å²) in [6, 6.07) is 4.57. The van der Waals surface area contributed by atoms with E-state index in [-0.39, 0.29) is 15.0 Å². The lowest BCUT2D eigenvalue weighted by atomic mass is 10.1. The van der Waals surface area contributed by atoms with Crippen LogP contribution in [0.1, 0.15) is 16.1 Å². The fourth-order valence-corrected chi connectivity index (χ4v) is 3.73. The van der Waals surface area contributed by atoms with E-state index in [1.54, 1.807) is 19.9 Å². The first-order valence-electron chi connectivity index (χ1n) is 5.53. The van der Waals surface area contributed by atoms with Crippen molar-refractivity contribution in [3.05, 3.63) is 34.3 Å². The Balaban J connectivity index is 2.35. The van der Waals surface area contributed by atoms with Crippen LogP contribution in [0.15, 0.2) is 23.1 Å². The van der Waals surface area contributed by atoms with Gasteiger partial charge in [-0.05, 0) is 31.5 Å². The maximum atomic E-state index is 12.2. The molecule has 0 saturated carbocycles.